The maximum Gasteiger partial charge on any atom is 0.153 e. The molecule has 0 saturated heterocycles. The van der Waals surface area contributed by atoms with Crippen molar-refractivity contribution in [1.82, 2.24) is 20.2 Å². The highest BCUT2D eigenvalue weighted by Gasteiger charge is 2.54. The van der Waals surface area contributed by atoms with Gasteiger partial charge < -0.3 is 16.0 Å². The van der Waals surface area contributed by atoms with Crippen molar-refractivity contribution >= 4 is 33.4 Å². The molecule has 0 spiro atoms. The molecule has 28 heavy (non-hydrogen) atoms. The molecule has 7 rings (SSSR count). The fraction of sp³-hybridized carbons (Fsp3) is 0.364. The van der Waals surface area contributed by atoms with Gasteiger partial charge in [0.05, 0.1) is 28.9 Å². The van der Waals surface area contributed by atoms with Crippen LogP contribution in [0.1, 0.15) is 42.3 Å². The molecular weight excluding hydrogens is 348 g/mol. The van der Waals surface area contributed by atoms with Crippen LogP contribution in [0.2, 0.25) is 0 Å². The molecule has 140 valence electrons. The van der Waals surface area contributed by atoms with Crippen molar-refractivity contribution in [1.29, 1.82) is 0 Å². The maximum atomic E-state index is 6.09. The standard InChI is InChI=1S/C22H22N6/c23-22-13-8-12(3-4-14(13)27-28-22)20-18-11-2-1-10(7-11)17(18)19-15(26-20)5-6-16-21(19)25-9-24-16/h3-6,8-11,17-18,20,26H,1-2,7H2,(H,24,25)(H3,23,27,28)/t10?,11?,17-,18+,20-/m0/s1. The van der Waals surface area contributed by atoms with Crippen LogP contribution in [0.4, 0.5) is 11.5 Å². The number of imidazole rings is 1. The highest BCUT2D eigenvalue weighted by Crippen LogP contribution is 2.64. The molecule has 5 atom stereocenters. The maximum absolute atomic E-state index is 6.09. The average molecular weight is 370 g/mol. The van der Waals surface area contributed by atoms with Gasteiger partial charge >= 0.3 is 0 Å². The first kappa shape index (κ1) is 15.0. The molecule has 2 bridgehead atoms. The number of rotatable bonds is 1. The van der Waals surface area contributed by atoms with Gasteiger partial charge in [0.2, 0.25) is 0 Å². The highest BCUT2D eigenvalue weighted by molar-refractivity contribution is 5.90. The molecule has 4 aromatic rings. The number of hydrogen-bond acceptors (Lipinski definition) is 4. The second-order valence-corrected chi connectivity index (χ2v) is 8.80. The predicted octanol–water partition coefficient (Wildman–Crippen LogP) is 4.32. The summed E-state index contributed by atoms with van der Waals surface area (Å²) >= 11 is 0. The van der Waals surface area contributed by atoms with E-state index >= 15 is 0 Å². The minimum Gasteiger partial charge on any atom is -0.382 e. The summed E-state index contributed by atoms with van der Waals surface area (Å²) in [6.07, 6.45) is 5.89. The first-order valence-corrected chi connectivity index (χ1v) is 10.2. The Bertz CT molecular complexity index is 1240. The van der Waals surface area contributed by atoms with Crippen molar-refractivity contribution < 1.29 is 0 Å². The molecule has 0 radical (unpaired) electrons. The molecule has 2 aliphatic carbocycles. The number of nitrogens with two attached hydrogens (primary N) is 1. The molecule has 2 unspecified atom stereocenters. The molecule has 2 fully saturated rings. The number of fused-ring (bicyclic) bond motifs is 10. The Labute approximate surface area is 161 Å². The summed E-state index contributed by atoms with van der Waals surface area (Å²) < 4.78 is 0. The van der Waals surface area contributed by atoms with Crippen molar-refractivity contribution in [3.63, 3.8) is 0 Å². The molecule has 2 saturated carbocycles. The molecule has 1 aliphatic heterocycles. The molecular formula is C22H22N6. The van der Waals surface area contributed by atoms with Crippen LogP contribution in [0.15, 0.2) is 36.7 Å². The SMILES string of the molecule is Nc1n[nH]c2ccc([C@@H]3Nc4ccc5[nH]cnc5c4[C@H]4C5CCC(C5)[C@@H]34)cc12. The van der Waals surface area contributed by atoms with Crippen molar-refractivity contribution in [2.24, 2.45) is 17.8 Å². The quantitative estimate of drug-likeness (QED) is 0.401. The number of benzene rings is 2. The number of H-pyrrole nitrogens is 2. The molecule has 6 heteroatoms. The van der Waals surface area contributed by atoms with Gasteiger partial charge in [-0.15, -0.1) is 0 Å². The minimum atomic E-state index is 0.308. The van der Waals surface area contributed by atoms with Crippen molar-refractivity contribution in [3.8, 4) is 0 Å². The molecule has 2 aromatic carbocycles. The second kappa shape index (κ2) is 5.07. The van der Waals surface area contributed by atoms with E-state index in [4.69, 9.17) is 10.7 Å². The van der Waals surface area contributed by atoms with E-state index in [0.29, 0.717) is 23.7 Å². The number of anilines is 2. The van der Waals surface area contributed by atoms with Crippen molar-refractivity contribution in [2.75, 3.05) is 11.1 Å². The number of nitrogens with zero attached hydrogens (tertiary/aromatic N) is 2. The summed E-state index contributed by atoms with van der Waals surface area (Å²) in [4.78, 5) is 7.99. The van der Waals surface area contributed by atoms with Crippen molar-refractivity contribution in [3.05, 3.63) is 47.8 Å². The summed E-state index contributed by atoms with van der Waals surface area (Å²) in [7, 11) is 0. The number of nitrogen functional groups attached to an aromatic ring is 1. The zero-order valence-electron chi connectivity index (χ0n) is 15.4. The average Bonchev–Trinajstić information content (AvgIpc) is 3.51. The summed E-state index contributed by atoms with van der Waals surface area (Å²) in [5.41, 5.74) is 13.4. The lowest BCUT2D eigenvalue weighted by Crippen LogP contribution is -2.35. The zero-order valence-corrected chi connectivity index (χ0v) is 15.4. The molecule has 6 nitrogen and oxygen atoms in total. The predicted molar refractivity (Wildman–Crippen MR) is 110 cm³/mol. The van der Waals surface area contributed by atoms with Crippen LogP contribution in [0, 0.1) is 17.8 Å². The van der Waals surface area contributed by atoms with Gasteiger partial charge in [-0.05, 0) is 72.8 Å². The van der Waals surface area contributed by atoms with Crippen molar-refractivity contribution in [2.45, 2.75) is 31.2 Å². The normalized spacial score (nSPS) is 30.5. The van der Waals surface area contributed by atoms with E-state index in [-0.39, 0.29) is 0 Å². The molecule has 0 amide bonds. The topological polar surface area (TPSA) is 95.4 Å². The monoisotopic (exact) mass is 370 g/mol. The van der Waals surface area contributed by atoms with E-state index in [0.717, 1.165) is 33.8 Å². The van der Waals surface area contributed by atoms with Crippen LogP contribution in [0.3, 0.4) is 0 Å². The van der Waals surface area contributed by atoms with Crippen LogP contribution in [-0.2, 0) is 0 Å². The Balaban J connectivity index is 1.44. The Morgan fingerprint density at radius 1 is 1.04 bits per heavy atom. The summed E-state index contributed by atoms with van der Waals surface area (Å²) in [5.74, 6) is 3.34. The molecule has 3 aliphatic rings. The Morgan fingerprint density at radius 3 is 2.89 bits per heavy atom. The van der Waals surface area contributed by atoms with Crippen LogP contribution in [-0.4, -0.2) is 20.2 Å². The van der Waals surface area contributed by atoms with E-state index in [9.17, 15) is 0 Å². The van der Waals surface area contributed by atoms with Gasteiger partial charge in [-0.3, -0.25) is 5.10 Å². The Hall–Kier alpha value is -3.02. The Morgan fingerprint density at radius 2 is 1.93 bits per heavy atom. The van der Waals surface area contributed by atoms with Crippen LogP contribution in [0.25, 0.3) is 21.9 Å². The second-order valence-electron chi connectivity index (χ2n) is 8.80. The summed E-state index contributed by atoms with van der Waals surface area (Å²) in [6, 6.07) is 11.3. The summed E-state index contributed by atoms with van der Waals surface area (Å²) in [6.45, 7) is 0. The lowest BCUT2D eigenvalue weighted by molar-refractivity contribution is 0.249. The van der Waals surface area contributed by atoms with E-state index in [1.165, 1.54) is 36.1 Å². The lowest BCUT2D eigenvalue weighted by atomic mass is 9.67. The number of hydrogen-bond donors (Lipinski definition) is 4. The fourth-order valence-corrected chi connectivity index (χ4v) is 6.55. The van der Waals surface area contributed by atoms with E-state index in [2.05, 4.69) is 50.8 Å². The molecule has 2 aromatic heterocycles. The van der Waals surface area contributed by atoms with Gasteiger partial charge in [-0.1, -0.05) is 6.07 Å². The number of nitrogens with one attached hydrogen (secondary N) is 3. The van der Waals surface area contributed by atoms with Crippen LogP contribution >= 0.6 is 0 Å². The van der Waals surface area contributed by atoms with E-state index in [1.54, 1.807) is 0 Å². The number of aromatic amines is 2. The van der Waals surface area contributed by atoms with Gasteiger partial charge in [-0.25, -0.2) is 4.98 Å². The van der Waals surface area contributed by atoms with Crippen LogP contribution < -0.4 is 11.1 Å². The molecule has 5 N–H and O–H groups in total. The summed E-state index contributed by atoms with van der Waals surface area (Å²) in [5, 5.41) is 12.1. The van der Waals surface area contributed by atoms with E-state index < -0.39 is 0 Å². The fourth-order valence-electron chi connectivity index (χ4n) is 6.55. The van der Waals surface area contributed by atoms with Crippen LogP contribution in [0.5, 0.6) is 0 Å². The third kappa shape index (κ3) is 1.78. The Kier molecular flexibility index (Phi) is 2.71. The lowest BCUT2D eigenvalue weighted by Gasteiger charge is -2.43. The number of aromatic nitrogens is 4. The first-order chi connectivity index (χ1) is 13.8. The largest absolute Gasteiger partial charge is 0.382 e. The zero-order chi connectivity index (χ0) is 18.4. The minimum absolute atomic E-state index is 0.308. The van der Waals surface area contributed by atoms with Gasteiger partial charge in [0.1, 0.15) is 0 Å². The highest BCUT2D eigenvalue weighted by atomic mass is 15.1. The molecule has 3 heterocycles. The smallest absolute Gasteiger partial charge is 0.153 e. The first-order valence-electron chi connectivity index (χ1n) is 10.2. The van der Waals surface area contributed by atoms with Gasteiger partial charge in [-0.2, -0.15) is 5.10 Å². The van der Waals surface area contributed by atoms with Gasteiger partial charge in [0.15, 0.2) is 5.82 Å². The third-order valence-electron chi connectivity index (χ3n) is 7.62. The van der Waals surface area contributed by atoms with Gasteiger partial charge in [0, 0.05) is 16.6 Å². The van der Waals surface area contributed by atoms with E-state index in [1.807, 2.05) is 6.33 Å². The van der Waals surface area contributed by atoms with Gasteiger partial charge in [0.25, 0.3) is 0 Å². The third-order valence-corrected chi connectivity index (χ3v) is 7.62.